The van der Waals surface area contributed by atoms with Crippen molar-refractivity contribution in [1.82, 2.24) is 30.1 Å². The second-order valence-electron chi connectivity index (χ2n) is 10.5. The van der Waals surface area contributed by atoms with Crippen LogP contribution in [0.1, 0.15) is 60.3 Å². The molecule has 0 unspecified atom stereocenters. The van der Waals surface area contributed by atoms with Crippen molar-refractivity contribution < 1.29 is 14.2 Å². The van der Waals surface area contributed by atoms with E-state index in [9.17, 15) is 4.79 Å². The summed E-state index contributed by atoms with van der Waals surface area (Å²) < 4.78 is 18.9. The first kappa shape index (κ1) is 25.5. The van der Waals surface area contributed by atoms with Crippen molar-refractivity contribution in [3.05, 3.63) is 74.8 Å². The highest BCUT2D eigenvalue weighted by molar-refractivity contribution is 5.82. The third kappa shape index (κ3) is 5.26. The molecule has 6 rings (SSSR count). The Kier molecular flexibility index (Phi) is 7.05. The number of nitrogens with one attached hydrogen (secondary N) is 1. The number of H-pyrrole nitrogens is 1. The van der Waals surface area contributed by atoms with E-state index in [0.717, 1.165) is 70.8 Å². The Balaban J connectivity index is 1.37. The van der Waals surface area contributed by atoms with E-state index >= 15 is 0 Å². The second-order valence-corrected chi connectivity index (χ2v) is 10.5. The predicted molar refractivity (Wildman–Crippen MR) is 146 cm³/mol. The molecular formula is C29H34N6O4. The molecule has 0 spiro atoms. The Bertz CT molecular complexity index is 1540. The van der Waals surface area contributed by atoms with Crippen molar-refractivity contribution in [3.8, 4) is 11.5 Å². The molecule has 0 saturated carbocycles. The number of benzene rings is 2. The Morgan fingerprint density at radius 1 is 1.13 bits per heavy atom. The monoisotopic (exact) mass is 530 g/mol. The van der Waals surface area contributed by atoms with E-state index in [1.54, 1.807) is 0 Å². The van der Waals surface area contributed by atoms with Crippen LogP contribution in [-0.2, 0) is 24.4 Å². The molecular weight excluding hydrogens is 496 g/mol. The SMILES string of the molecule is CC[C@@H](c1nnnn1C[C@H]1CCCO1)N(Cc1ccc2c(c1)OCO2)Cc1cc2cc(C)cc(C)c2[nH]c1=O. The number of aromatic nitrogens is 5. The predicted octanol–water partition coefficient (Wildman–Crippen LogP) is 4.19. The molecule has 1 saturated heterocycles. The van der Waals surface area contributed by atoms with Crippen LogP contribution < -0.4 is 15.0 Å². The summed E-state index contributed by atoms with van der Waals surface area (Å²) in [6.45, 7) is 8.85. The fraction of sp³-hybridized carbons (Fsp3) is 0.448. The van der Waals surface area contributed by atoms with Gasteiger partial charge in [0.2, 0.25) is 6.79 Å². The molecule has 4 heterocycles. The first-order chi connectivity index (χ1) is 19.0. The van der Waals surface area contributed by atoms with E-state index < -0.39 is 0 Å². The van der Waals surface area contributed by atoms with Gasteiger partial charge >= 0.3 is 0 Å². The molecule has 4 aromatic rings. The summed E-state index contributed by atoms with van der Waals surface area (Å²) in [5.41, 5.74) is 4.77. The summed E-state index contributed by atoms with van der Waals surface area (Å²) in [6, 6.07) is 12.1. The van der Waals surface area contributed by atoms with Crippen molar-refractivity contribution in [2.75, 3.05) is 13.4 Å². The van der Waals surface area contributed by atoms with Gasteiger partial charge < -0.3 is 19.2 Å². The highest BCUT2D eigenvalue weighted by atomic mass is 16.7. The second kappa shape index (κ2) is 10.8. The van der Waals surface area contributed by atoms with Gasteiger partial charge in [-0.3, -0.25) is 9.69 Å². The first-order valence-corrected chi connectivity index (χ1v) is 13.6. The normalized spacial score (nSPS) is 17.4. The molecule has 204 valence electrons. The molecule has 2 aliphatic heterocycles. The van der Waals surface area contributed by atoms with Crippen molar-refractivity contribution in [3.63, 3.8) is 0 Å². The summed E-state index contributed by atoms with van der Waals surface area (Å²) in [7, 11) is 0. The van der Waals surface area contributed by atoms with E-state index in [4.69, 9.17) is 14.2 Å². The molecule has 0 bridgehead atoms. The molecule has 2 aliphatic rings. The van der Waals surface area contributed by atoms with E-state index in [1.807, 2.05) is 35.9 Å². The number of pyridine rings is 1. The summed E-state index contributed by atoms with van der Waals surface area (Å²) >= 11 is 0. The van der Waals surface area contributed by atoms with Gasteiger partial charge in [-0.05, 0) is 84.3 Å². The van der Waals surface area contributed by atoms with E-state index in [0.29, 0.717) is 25.2 Å². The zero-order valence-corrected chi connectivity index (χ0v) is 22.6. The van der Waals surface area contributed by atoms with Crippen LogP contribution in [0, 0.1) is 13.8 Å². The van der Waals surface area contributed by atoms with Gasteiger partial charge in [0.1, 0.15) is 0 Å². The lowest BCUT2D eigenvalue weighted by Crippen LogP contribution is -2.33. The van der Waals surface area contributed by atoms with Crippen molar-refractivity contribution >= 4 is 10.9 Å². The van der Waals surface area contributed by atoms with Crippen LogP contribution in [0.2, 0.25) is 0 Å². The van der Waals surface area contributed by atoms with Crippen LogP contribution in [0.3, 0.4) is 0 Å². The van der Waals surface area contributed by atoms with Gasteiger partial charge in [0.05, 0.1) is 24.2 Å². The highest BCUT2D eigenvalue weighted by Crippen LogP contribution is 2.34. The van der Waals surface area contributed by atoms with Crippen LogP contribution in [-0.4, -0.2) is 49.6 Å². The summed E-state index contributed by atoms with van der Waals surface area (Å²) in [5, 5.41) is 13.8. The third-order valence-corrected chi connectivity index (χ3v) is 7.65. The van der Waals surface area contributed by atoms with Crippen LogP contribution in [0.4, 0.5) is 0 Å². The van der Waals surface area contributed by atoms with Crippen molar-refractivity contribution in [1.29, 1.82) is 0 Å². The van der Waals surface area contributed by atoms with Gasteiger partial charge in [0.15, 0.2) is 17.3 Å². The van der Waals surface area contributed by atoms with Crippen LogP contribution in [0.25, 0.3) is 10.9 Å². The minimum Gasteiger partial charge on any atom is -0.454 e. The molecule has 10 nitrogen and oxygen atoms in total. The van der Waals surface area contributed by atoms with Crippen LogP contribution >= 0.6 is 0 Å². The minimum absolute atomic E-state index is 0.0843. The Labute approximate surface area is 226 Å². The molecule has 2 aromatic heterocycles. The Hall–Kier alpha value is -3.76. The number of fused-ring (bicyclic) bond motifs is 2. The van der Waals surface area contributed by atoms with Crippen molar-refractivity contribution in [2.24, 2.45) is 0 Å². The maximum Gasteiger partial charge on any atom is 0.252 e. The maximum absolute atomic E-state index is 13.3. The van der Waals surface area contributed by atoms with E-state index in [2.05, 4.69) is 51.4 Å². The lowest BCUT2D eigenvalue weighted by molar-refractivity contribution is 0.0888. The quantitative estimate of drug-likeness (QED) is 0.343. The average Bonchev–Trinajstić information content (AvgIpc) is 3.69. The molecule has 0 aliphatic carbocycles. The maximum atomic E-state index is 13.3. The van der Waals surface area contributed by atoms with Gasteiger partial charge in [-0.15, -0.1) is 5.10 Å². The number of hydrogen-bond acceptors (Lipinski definition) is 8. The van der Waals surface area contributed by atoms with Gasteiger partial charge in [0, 0.05) is 25.3 Å². The number of aromatic amines is 1. The first-order valence-electron chi connectivity index (χ1n) is 13.6. The smallest absolute Gasteiger partial charge is 0.252 e. The molecule has 39 heavy (non-hydrogen) atoms. The van der Waals surface area contributed by atoms with Crippen LogP contribution in [0.5, 0.6) is 11.5 Å². The zero-order chi connectivity index (χ0) is 26.9. The molecule has 1 N–H and O–H groups in total. The summed E-state index contributed by atoms with van der Waals surface area (Å²) in [5.74, 6) is 2.26. The number of tetrazole rings is 1. The minimum atomic E-state index is -0.124. The van der Waals surface area contributed by atoms with Crippen molar-refractivity contribution in [2.45, 2.75) is 71.8 Å². The molecule has 1 fully saturated rings. The summed E-state index contributed by atoms with van der Waals surface area (Å²) in [6.07, 6.45) is 2.93. The Morgan fingerprint density at radius 3 is 2.82 bits per heavy atom. The van der Waals surface area contributed by atoms with E-state index in [1.165, 1.54) is 0 Å². The van der Waals surface area contributed by atoms with Gasteiger partial charge in [-0.1, -0.05) is 24.6 Å². The molecule has 10 heteroatoms. The molecule has 2 atom stereocenters. The van der Waals surface area contributed by atoms with E-state index in [-0.39, 0.29) is 24.5 Å². The molecule has 0 radical (unpaired) electrons. The number of rotatable bonds is 9. The number of hydrogen-bond donors (Lipinski definition) is 1. The summed E-state index contributed by atoms with van der Waals surface area (Å²) in [4.78, 5) is 18.7. The van der Waals surface area contributed by atoms with Gasteiger partial charge in [0.25, 0.3) is 5.56 Å². The third-order valence-electron chi connectivity index (χ3n) is 7.65. The average molecular weight is 531 g/mol. The van der Waals surface area contributed by atoms with Gasteiger partial charge in [-0.2, -0.15) is 0 Å². The topological polar surface area (TPSA) is 107 Å². The lowest BCUT2D eigenvalue weighted by Gasteiger charge is -2.30. The highest BCUT2D eigenvalue weighted by Gasteiger charge is 2.28. The lowest BCUT2D eigenvalue weighted by atomic mass is 10.0. The fourth-order valence-electron chi connectivity index (χ4n) is 5.78. The molecule has 2 aromatic carbocycles. The van der Waals surface area contributed by atoms with Gasteiger partial charge in [-0.25, -0.2) is 4.68 Å². The number of aryl methyl sites for hydroxylation is 2. The van der Waals surface area contributed by atoms with Crippen LogP contribution in [0.15, 0.2) is 41.2 Å². The number of nitrogens with zero attached hydrogens (tertiary/aromatic N) is 5. The largest absolute Gasteiger partial charge is 0.454 e. The zero-order valence-electron chi connectivity index (χ0n) is 22.6. The standard InChI is InChI=1S/C29H34N6O4/c1-4-24(28-31-32-33-35(28)16-23-6-5-9-37-23)34(14-20-7-8-25-26(12-20)39-17-38-25)15-22-13-21-11-18(2)10-19(3)27(21)30-29(22)36/h7-8,10-13,23-24H,4-6,9,14-17H2,1-3H3,(H,30,36)/t23-,24+/m1/s1. The fourth-order valence-corrected chi connectivity index (χ4v) is 5.78. The molecule has 0 amide bonds. The Morgan fingerprint density at radius 2 is 2.00 bits per heavy atom. The number of ether oxygens (including phenoxy) is 3.